The highest BCUT2D eigenvalue weighted by Crippen LogP contribution is 2.30. The van der Waals surface area contributed by atoms with Gasteiger partial charge in [0.1, 0.15) is 5.69 Å². The molecule has 6 nitrogen and oxygen atoms in total. The summed E-state index contributed by atoms with van der Waals surface area (Å²) in [6, 6.07) is 2.14. The first kappa shape index (κ1) is 17.0. The number of rotatable bonds is 1. The highest BCUT2D eigenvalue weighted by atomic mass is 16.2. The van der Waals surface area contributed by atoms with Gasteiger partial charge in [0.25, 0.3) is 5.91 Å². The zero-order valence-electron chi connectivity index (χ0n) is 15.1. The molecule has 2 atom stereocenters. The molecule has 3 heterocycles. The van der Waals surface area contributed by atoms with Gasteiger partial charge < -0.3 is 9.80 Å². The van der Waals surface area contributed by atoms with Crippen molar-refractivity contribution in [1.29, 1.82) is 0 Å². The lowest BCUT2D eigenvalue weighted by atomic mass is 9.88. The van der Waals surface area contributed by atoms with E-state index in [9.17, 15) is 9.59 Å². The van der Waals surface area contributed by atoms with Crippen LogP contribution in [0, 0.1) is 5.92 Å². The van der Waals surface area contributed by atoms with Crippen LogP contribution >= 0.6 is 0 Å². The Balaban J connectivity index is 1.72. The summed E-state index contributed by atoms with van der Waals surface area (Å²) >= 11 is 0. The molecular formula is C18H28N4O2. The minimum Gasteiger partial charge on any atom is -0.342 e. The van der Waals surface area contributed by atoms with E-state index in [2.05, 4.69) is 31.0 Å². The van der Waals surface area contributed by atoms with E-state index in [1.165, 1.54) is 0 Å². The second-order valence-electron chi connectivity index (χ2n) is 8.18. The van der Waals surface area contributed by atoms with Gasteiger partial charge in [-0.05, 0) is 31.2 Å². The molecule has 0 radical (unpaired) electrons. The number of aromatic amines is 1. The Morgan fingerprint density at radius 1 is 1.33 bits per heavy atom. The van der Waals surface area contributed by atoms with E-state index in [0.29, 0.717) is 24.6 Å². The molecule has 0 bridgehead atoms. The molecule has 3 rings (SSSR count). The van der Waals surface area contributed by atoms with Crippen LogP contribution in [-0.4, -0.2) is 58.0 Å². The summed E-state index contributed by atoms with van der Waals surface area (Å²) in [7, 11) is 1.91. The van der Waals surface area contributed by atoms with Crippen LogP contribution in [-0.2, 0) is 10.2 Å². The third kappa shape index (κ3) is 3.19. The average Bonchev–Trinajstić information content (AvgIpc) is 2.98. The zero-order chi connectivity index (χ0) is 17.5. The van der Waals surface area contributed by atoms with Crippen LogP contribution in [0.25, 0.3) is 0 Å². The molecule has 1 aromatic heterocycles. The minimum atomic E-state index is -0.0527. The van der Waals surface area contributed by atoms with Crippen molar-refractivity contribution in [3.63, 3.8) is 0 Å². The number of aromatic nitrogens is 2. The van der Waals surface area contributed by atoms with Gasteiger partial charge in [-0.3, -0.25) is 14.7 Å². The average molecular weight is 332 g/mol. The molecule has 2 amide bonds. The normalized spacial score (nSPS) is 25.4. The molecule has 0 unspecified atom stereocenters. The monoisotopic (exact) mass is 332 g/mol. The number of likely N-dealkylation sites (tertiary alicyclic amines) is 2. The summed E-state index contributed by atoms with van der Waals surface area (Å²) in [4.78, 5) is 28.7. The van der Waals surface area contributed by atoms with E-state index in [4.69, 9.17) is 0 Å². The van der Waals surface area contributed by atoms with Crippen LogP contribution < -0.4 is 0 Å². The quantitative estimate of drug-likeness (QED) is 0.857. The number of fused-ring (bicyclic) bond motifs is 1. The summed E-state index contributed by atoms with van der Waals surface area (Å²) in [5.41, 5.74) is 1.42. The van der Waals surface area contributed by atoms with Gasteiger partial charge in [-0.1, -0.05) is 20.8 Å². The minimum absolute atomic E-state index is 0.00146. The number of piperidine rings is 1. The summed E-state index contributed by atoms with van der Waals surface area (Å²) in [6.07, 6.45) is 3.42. The van der Waals surface area contributed by atoms with Gasteiger partial charge in [-0.25, -0.2) is 0 Å². The van der Waals surface area contributed by atoms with Gasteiger partial charge in [0.15, 0.2) is 0 Å². The van der Waals surface area contributed by atoms with Crippen LogP contribution in [0.5, 0.6) is 0 Å². The van der Waals surface area contributed by atoms with Crippen LogP contribution in [0.3, 0.4) is 0 Å². The maximum absolute atomic E-state index is 12.8. The topological polar surface area (TPSA) is 69.3 Å². The van der Waals surface area contributed by atoms with E-state index >= 15 is 0 Å². The Hall–Kier alpha value is -1.85. The largest absolute Gasteiger partial charge is 0.342 e. The third-order valence-corrected chi connectivity index (χ3v) is 5.44. The first-order chi connectivity index (χ1) is 11.3. The predicted octanol–water partition coefficient (Wildman–Crippen LogP) is 2.18. The van der Waals surface area contributed by atoms with Crippen LogP contribution in [0.2, 0.25) is 0 Å². The molecule has 0 spiro atoms. The maximum atomic E-state index is 12.8. The Kier molecular flexibility index (Phi) is 4.40. The summed E-state index contributed by atoms with van der Waals surface area (Å²) in [5.74, 6) is 0.614. The summed E-state index contributed by atoms with van der Waals surface area (Å²) < 4.78 is 0. The number of H-pyrrole nitrogens is 1. The number of carbonyl (C=O) groups is 2. The molecule has 6 heteroatoms. The lowest BCUT2D eigenvalue weighted by Crippen LogP contribution is -2.51. The molecule has 1 N–H and O–H groups in total. The Labute approximate surface area is 143 Å². The first-order valence-electron chi connectivity index (χ1n) is 8.88. The number of amides is 2. The van der Waals surface area contributed by atoms with Crippen molar-refractivity contribution in [3.05, 3.63) is 17.5 Å². The second-order valence-corrected chi connectivity index (χ2v) is 8.18. The van der Waals surface area contributed by atoms with Crippen LogP contribution in [0.15, 0.2) is 6.07 Å². The Morgan fingerprint density at radius 3 is 2.75 bits per heavy atom. The van der Waals surface area contributed by atoms with Gasteiger partial charge in [0.2, 0.25) is 5.91 Å². The third-order valence-electron chi connectivity index (χ3n) is 5.44. The van der Waals surface area contributed by atoms with Gasteiger partial charge in [-0.15, -0.1) is 0 Å². The number of carbonyl (C=O) groups excluding carboxylic acids is 2. The van der Waals surface area contributed by atoms with Crippen LogP contribution in [0.4, 0.5) is 0 Å². The van der Waals surface area contributed by atoms with Crippen molar-refractivity contribution in [3.8, 4) is 0 Å². The van der Waals surface area contributed by atoms with Crippen molar-refractivity contribution in [2.75, 3.05) is 20.1 Å². The van der Waals surface area contributed by atoms with Crippen LogP contribution in [0.1, 0.15) is 62.6 Å². The molecule has 24 heavy (non-hydrogen) atoms. The van der Waals surface area contributed by atoms with Gasteiger partial charge in [-0.2, -0.15) is 5.10 Å². The summed E-state index contributed by atoms with van der Waals surface area (Å²) in [6.45, 7) is 7.70. The highest BCUT2D eigenvalue weighted by Gasteiger charge is 2.37. The van der Waals surface area contributed by atoms with E-state index in [1.54, 1.807) is 0 Å². The molecule has 2 aliphatic rings. The molecule has 2 fully saturated rings. The fraction of sp³-hybridized carbons (Fsp3) is 0.722. The molecule has 2 saturated heterocycles. The first-order valence-corrected chi connectivity index (χ1v) is 8.88. The number of hydrogen-bond donors (Lipinski definition) is 1. The van der Waals surface area contributed by atoms with E-state index < -0.39 is 0 Å². The van der Waals surface area contributed by atoms with Crippen molar-refractivity contribution >= 4 is 11.8 Å². The lowest BCUT2D eigenvalue weighted by molar-refractivity contribution is -0.132. The number of nitrogens with one attached hydrogen (secondary N) is 1. The number of nitrogens with zero attached hydrogens (tertiary/aromatic N) is 3. The smallest absolute Gasteiger partial charge is 0.274 e. The van der Waals surface area contributed by atoms with E-state index in [0.717, 1.165) is 31.5 Å². The van der Waals surface area contributed by atoms with Gasteiger partial charge in [0, 0.05) is 43.7 Å². The highest BCUT2D eigenvalue weighted by molar-refractivity contribution is 5.92. The Morgan fingerprint density at radius 2 is 2.08 bits per heavy atom. The maximum Gasteiger partial charge on any atom is 0.274 e. The summed E-state index contributed by atoms with van der Waals surface area (Å²) in [5, 5.41) is 7.22. The Bertz CT molecular complexity index is 631. The fourth-order valence-corrected chi connectivity index (χ4v) is 3.85. The van der Waals surface area contributed by atoms with E-state index in [1.807, 2.05) is 22.9 Å². The SMILES string of the molecule is CN1C(=O)CCC[C@H]2CN(C(=O)c3cc(C(C)(C)C)[nH]n3)CC[C@H]21. The molecule has 132 valence electrons. The van der Waals surface area contributed by atoms with Crippen molar-refractivity contribution < 1.29 is 9.59 Å². The van der Waals surface area contributed by atoms with Gasteiger partial charge >= 0.3 is 0 Å². The lowest BCUT2D eigenvalue weighted by Gasteiger charge is -2.41. The standard InChI is InChI=1S/C18H28N4O2/c1-18(2,3)15-10-13(19-20-15)17(24)22-9-8-14-12(11-22)6-5-7-16(23)21(14)4/h10,12,14H,5-9,11H2,1-4H3,(H,19,20)/t12-,14+/m0/s1. The van der Waals surface area contributed by atoms with Crippen molar-refractivity contribution in [1.82, 2.24) is 20.0 Å². The zero-order valence-corrected chi connectivity index (χ0v) is 15.1. The second kappa shape index (κ2) is 6.22. The molecule has 2 aliphatic heterocycles. The molecular weight excluding hydrogens is 304 g/mol. The fourth-order valence-electron chi connectivity index (χ4n) is 3.85. The molecule has 0 aromatic carbocycles. The predicted molar refractivity (Wildman–Crippen MR) is 91.7 cm³/mol. The van der Waals surface area contributed by atoms with E-state index in [-0.39, 0.29) is 23.3 Å². The molecule has 0 saturated carbocycles. The molecule has 1 aromatic rings. The number of hydrogen-bond acceptors (Lipinski definition) is 3. The van der Waals surface area contributed by atoms with Crippen molar-refractivity contribution in [2.45, 2.75) is 57.9 Å². The van der Waals surface area contributed by atoms with Crippen molar-refractivity contribution in [2.24, 2.45) is 5.92 Å². The molecule has 0 aliphatic carbocycles. The van der Waals surface area contributed by atoms with Gasteiger partial charge in [0.05, 0.1) is 0 Å².